The maximum absolute atomic E-state index is 12.8. The summed E-state index contributed by atoms with van der Waals surface area (Å²) in [4.78, 5) is 36.3. The molecule has 1 unspecified atom stereocenters. The number of anilines is 1. The fourth-order valence-corrected chi connectivity index (χ4v) is 2.75. The molecule has 0 radical (unpaired) electrons. The summed E-state index contributed by atoms with van der Waals surface area (Å²) in [6, 6.07) is 6.57. The summed E-state index contributed by atoms with van der Waals surface area (Å²) < 4.78 is 43.3. The van der Waals surface area contributed by atoms with E-state index in [0.717, 1.165) is 12.8 Å². The largest absolute Gasteiger partial charge is 0.452 e. The number of hydrogen-bond donors (Lipinski definition) is 1. The Morgan fingerprint density at radius 3 is 2.41 bits per heavy atom. The molecule has 0 bridgehead atoms. The van der Waals surface area contributed by atoms with Crippen LogP contribution in [0.2, 0.25) is 0 Å². The quantitative estimate of drug-likeness (QED) is 0.663. The van der Waals surface area contributed by atoms with Crippen LogP contribution in [-0.4, -0.2) is 48.1 Å². The van der Waals surface area contributed by atoms with Crippen LogP contribution in [0.3, 0.4) is 0 Å². The van der Waals surface area contributed by atoms with E-state index in [0.29, 0.717) is 10.6 Å². The third-order valence-electron chi connectivity index (χ3n) is 4.44. The van der Waals surface area contributed by atoms with E-state index in [2.05, 4.69) is 5.32 Å². The van der Waals surface area contributed by atoms with Gasteiger partial charge >= 0.3 is 12.1 Å². The first-order chi connectivity index (χ1) is 13.6. The number of alkyl halides is 3. The number of amides is 2. The minimum atomic E-state index is -4.55. The van der Waals surface area contributed by atoms with Crippen LogP contribution in [-0.2, 0) is 14.3 Å². The Kier molecular flexibility index (Phi) is 7.20. The average molecular weight is 411 g/mol. The standard InChI is InChI=1S/C19H20F3N3O4/c1-12(13-2-3-13)25(11-19(20,21)22)17(27)10-29-18(28)14-4-6-15(7-5-14)24-16(26)8-9-23/h4-7,12-13H,2-3,8,10-11H2,1H3,(H,24,26). The van der Waals surface area contributed by atoms with Gasteiger partial charge in [-0.2, -0.15) is 18.4 Å². The average Bonchev–Trinajstić information content (AvgIpc) is 3.48. The number of nitrogens with one attached hydrogen (secondary N) is 1. The summed E-state index contributed by atoms with van der Waals surface area (Å²) in [7, 11) is 0. The van der Waals surface area contributed by atoms with Gasteiger partial charge in [0.25, 0.3) is 5.91 Å². The normalized spacial score (nSPS) is 14.4. The lowest BCUT2D eigenvalue weighted by atomic mass is 10.2. The number of carbonyl (C=O) groups excluding carboxylic acids is 3. The third kappa shape index (κ3) is 7.10. The van der Waals surface area contributed by atoms with E-state index >= 15 is 0 Å². The fraction of sp³-hybridized carbons (Fsp3) is 0.474. The maximum Gasteiger partial charge on any atom is 0.406 e. The minimum Gasteiger partial charge on any atom is -0.452 e. The van der Waals surface area contributed by atoms with Gasteiger partial charge in [-0.3, -0.25) is 9.59 Å². The highest BCUT2D eigenvalue weighted by molar-refractivity contribution is 5.94. The molecule has 0 spiro atoms. The molecule has 1 aliphatic rings. The molecular formula is C19H20F3N3O4. The van der Waals surface area contributed by atoms with Crippen LogP contribution in [0.4, 0.5) is 18.9 Å². The summed E-state index contributed by atoms with van der Waals surface area (Å²) in [6.45, 7) is -0.632. The molecule has 1 saturated carbocycles. The topological polar surface area (TPSA) is 99.5 Å². The molecule has 7 nitrogen and oxygen atoms in total. The van der Waals surface area contributed by atoms with E-state index in [1.54, 1.807) is 13.0 Å². The molecule has 1 fully saturated rings. The molecule has 1 N–H and O–H groups in total. The van der Waals surface area contributed by atoms with E-state index in [1.807, 2.05) is 0 Å². The third-order valence-corrected chi connectivity index (χ3v) is 4.44. The van der Waals surface area contributed by atoms with Crippen molar-refractivity contribution < 1.29 is 32.3 Å². The van der Waals surface area contributed by atoms with Gasteiger partial charge in [-0.1, -0.05) is 0 Å². The molecule has 29 heavy (non-hydrogen) atoms. The lowest BCUT2D eigenvalue weighted by molar-refractivity contribution is -0.167. The van der Waals surface area contributed by atoms with Crippen LogP contribution in [0.25, 0.3) is 0 Å². The van der Waals surface area contributed by atoms with Crippen LogP contribution >= 0.6 is 0 Å². The summed E-state index contributed by atoms with van der Waals surface area (Å²) in [5, 5.41) is 10.9. The van der Waals surface area contributed by atoms with E-state index < -0.39 is 43.2 Å². The van der Waals surface area contributed by atoms with Crippen molar-refractivity contribution in [3.8, 4) is 6.07 Å². The van der Waals surface area contributed by atoms with Gasteiger partial charge in [0.15, 0.2) is 6.61 Å². The second-order valence-corrected chi connectivity index (χ2v) is 6.75. The first-order valence-corrected chi connectivity index (χ1v) is 8.91. The molecule has 1 atom stereocenters. The number of carbonyl (C=O) groups is 3. The van der Waals surface area contributed by atoms with E-state index in [4.69, 9.17) is 10.00 Å². The second kappa shape index (κ2) is 9.41. The predicted octanol–water partition coefficient (Wildman–Crippen LogP) is 2.88. The van der Waals surface area contributed by atoms with Crippen molar-refractivity contribution in [1.82, 2.24) is 4.90 Å². The SMILES string of the molecule is CC(C1CC1)N(CC(F)(F)F)C(=O)COC(=O)c1ccc(NC(=O)CC#N)cc1. The zero-order valence-corrected chi connectivity index (χ0v) is 15.7. The highest BCUT2D eigenvalue weighted by Gasteiger charge is 2.40. The summed E-state index contributed by atoms with van der Waals surface area (Å²) >= 11 is 0. The number of nitrogens with zero attached hydrogens (tertiary/aromatic N) is 2. The van der Waals surface area contributed by atoms with Crippen LogP contribution in [0.1, 0.15) is 36.5 Å². The number of esters is 1. The van der Waals surface area contributed by atoms with Crippen molar-refractivity contribution >= 4 is 23.5 Å². The van der Waals surface area contributed by atoms with E-state index in [1.165, 1.54) is 24.3 Å². The number of hydrogen-bond acceptors (Lipinski definition) is 5. The molecule has 1 aliphatic carbocycles. The second-order valence-electron chi connectivity index (χ2n) is 6.75. The van der Waals surface area contributed by atoms with Crippen molar-refractivity contribution in [3.05, 3.63) is 29.8 Å². The van der Waals surface area contributed by atoms with Gasteiger partial charge in [-0.15, -0.1) is 0 Å². The van der Waals surface area contributed by atoms with Crippen LogP contribution in [0.5, 0.6) is 0 Å². The molecule has 156 valence electrons. The Morgan fingerprint density at radius 2 is 1.90 bits per heavy atom. The van der Waals surface area contributed by atoms with Gasteiger partial charge in [0, 0.05) is 11.7 Å². The molecule has 2 rings (SSSR count). The monoisotopic (exact) mass is 411 g/mol. The summed E-state index contributed by atoms with van der Waals surface area (Å²) in [5.74, 6) is -2.27. The molecule has 0 saturated heterocycles. The number of benzene rings is 1. The Bertz CT molecular complexity index is 798. The minimum absolute atomic E-state index is 0.0285. The Labute approximate surface area is 165 Å². The Hall–Kier alpha value is -3.09. The van der Waals surface area contributed by atoms with Crippen molar-refractivity contribution in [2.24, 2.45) is 5.92 Å². The van der Waals surface area contributed by atoms with E-state index in [9.17, 15) is 27.6 Å². The molecule has 10 heteroatoms. The Balaban J connectivity index is 1.93. The number of halogens is 3. The van der Waals surface area contributed by atoms with Crippen molar-refractivity contribution in [3.63, 3.8) is 0 Å². The number of ether oxygens (including phenoxy) is 1. The highest BCUT2D eigenvalue weighted by atomic mass is 19.4. The van der Waals surface area contributed by atoms with Gasteiger partial charge in [-0.05, 0) is 49.9 Å². The van der Waals surface area contributed by atoms with Crippen LogP contribution in [0, 0.1) is 17.2 Å². The highest BCUT2D eigenvalue weighted by Crippen LogP contribution is 2.36. The fourth-order valence-electron chi connectivity index (χ4n) is 2.75. The van der Waals surface area contributed by atoms with Gasteiger partial charge < -0.3 is 15.0 Å². The summed E-state index contributed by atoms with van der Waals surface area (Å²) in [6.07, 6.45) is -3.34. The number of rotatable bonds is 8. The molecule has 0 heterocycles. The lowest BCUT2D eigenvalue weighted by Crippen LogP contribution is -2.47. The molecule has 2 amide bonds. The first kappa shape index (κ1) is 22.2. The lowest BCUT2D eigenvalue weighted by Gasteiger charge is -2.30. The predicted molar refractivity (Wildman–Crippen MR) is 95.5 cm³/mol. The maximum atomic E-state index is 12.8. The molecule has 0 aromatic heterocycles. The van der Waals surface area contributed by atoms with Crippen molar-refractivity contribution in [1.29, 1.82) is 5.26 Å². The van der Waals surface area contributed by atoms with E-state index in [-0.39, 0.29) is 17.9 Å². The molecule has 0 aliphatic heterocycles. The summed E-state index contributed by atoms with van der Waals surface area (Å²) in [5.41, 5.74) is 0.418. The van der Waals surface area contributed by atoms with Crippen molar-refractivity contribution in [2.45, 2.75) is 38.4 Å². The molecule has 1 aromatic carbocycles. The zero-order valence-electron chi connectivity index (χ0n) is 15.7. The van der Waals surface area contributed by atoms with Gasteiger partial charge in [0.1, 0.15) is 13.0 Å². The van der Waals surface area contributed by atoms with Gasteiger partial charge in [0.05, 0.1) is 11.6 Å². The molecule has 1 aromatic rings. The smallest absolute Gasteiger partial charge is 0.406 e. The number of nitriles is 1. The molecular weight excluding hydrogens is 391 g/mol. The zero-order chi connectivity index (χ0) is 21.6. The van der Waals surface area contributed by atoms with Crippen LogP contribution < -0.4 is 5.32 Å². The van der Waals surface area contributed by atoms with Crippen LogP contribution in [0.15, 0.2) is 24.3 Å². The Morgan fingerprint density at radius 1 is 1.28 bits per heavy atom. The van der Waals surface area contributed by atoms with Gasteiger partial charge in [0.2, 0.25) is 5.91 Å². The first-order valence-electron chi connectivity index (χ1n) is 8.91. The van der Waals surface area contributed by atoms with Gasteiger partial charge in [-0.25, -0.2) is 4.79 Å². The van der Waals surface area contributed by atoms with Crippen molar-refractivity contribution in [2.75, 3.05) is 18.5 Å².